The van der Waals surface area contributed by atoms with Gasteiger partial charge in [-0.2, -0.15) is 4.39 Å². The Kier molecular flexibility index (Phi) is 3.61. The van der Waals surface area contributed by atoms with Gasteiger partial charge >= 0.3 is 5.97 Å². The molecule has 1 rings (SSSR count). The molecule has 0 bridgehead atoms. The Bertz CT molecular complexity index is 366. The number of carboxylic acid groups (broad SMARTS) is 1. The molecule has 72 valence electrons. The molecule has 0 saturated carbocycles. The summed E-state index contributed by atoms with van der Waals surface area (Å²) >= 11 is 0. The minimum atomic E-state index is -1.55. The highest BCUT2D eigenvalue weighted by atomic mass is 19.1. The van der Waals surface area contributed by atoms with Gasteiger partial charge in [0.25, 0.3) is 0 Å². The fraction of sp³-hybridized carbons (Fsp3) is 0. The highest BCUT2D eigenvalue weighted by Crippen LogP contribution is 2.02. The normalized spacial score (nSPS) is 11.9. The highest BCUT2D eigenvalue weighted by Gasteiger charge is 2.01. The molecule has 0 aromatic heterocycles. The van der Waals surface area contributed by atoms with Crippen LogP contribution < -0.4 is 0 Å². The standard InChI is InChI=1S/C11H9FO2/c12-10(11(13)14)8-4-7-9-5-2-1-3-6-9/h1-8H,(H,13,14). The van der Waals surface area contributed by atoms with Gasteiger partial charge in [0.15, 0.2) is 0 Å². The van der Waals surface area contributed by atoms with E-state index in [4.69, 9.17) is 5.11 Å². The summed E-state index contributed by atoms with van der Waals surface area (Å²) in [6, 6.07) is 9.23. The molecule has 3 heteroatoms. The third-order valence-corrected chi connectivity index (χ3v) is 1.54. The van der Waals surface area contributed by atoms with Crippen molar-refractivity contribution in [3.63, 3.8) is 0 Å². The summed E-state index contributed by atoms with van der Waals surface area (Å²) in [7, 11) is 0. The van der Waals surface area contributed by atoms with Crippen LogP contribution >= 0.6 is 0 Å². The van der Waals surface area contributed by atoms with E-state index in [1.807, 2.05) is 30.3 Å². The summed E-state index contributed by atoms with van der Waals surface area (Å²) < 4.78 is 12.4. The van der Waals surface area contributed by atoms with Crippen LogP contribution in [-0.2, 0) is 4.79 Å². The number of carbonyl (C=O) groups is 1. The minimum absolute atomic E-state index is 0.891. The topological polar surface area (TPSA) is 37.3 Å². The van der Waals surface area contributed by atoms with Crippen molar-refractivity contribution in [1.82, 2.24) is 0 Å². The second kappa shape index (κ2) is 4.97. The average molecular weight is 192 g/mol. The lowest BCUT2D eigenvalue weighted by Gasteiger charge is -1.88. The first kappa shape index (κ1) is 10.2. The fourth-order valence-corrected chi connectivity index (χ4v) is 0.879. The lowest BCUT2D eigenvalue weighted by atomic mass is 10.2. The van der Waals surface area contributed by atoms with E-state index in [2.05, 4.69) is 0 Å². The molecule has 14 heavy (non-hydrogen) atoms. The molecule has 1 aromatic carbocycles. The highest BCUT2D eigenvalue weighted by molar-refractivity contribution is 5.84. The van der Waals surface area contributed by atoms with Crippen molar-refractivity contribution in [2.75, 3.05) is 0 Å². The predicted molar refractivity (Wildman–Crippen MR) is 52.3 cm³/mol. The van der Waals surface area contributed by atoms with E-state index < -0.39 is 11.8 Å². The molecule has 2 nitrogen and oxygen atoms in total. The molecule has 0 spiro atoms. The third-order valence-electron chi connectivity index (χ3n) is 1.54. The van der Waals surface area contributed by atoms with Crippen LogP contribution in [0.3, 0.4) is 0 Å². The molecule has 0 aliphatic heterocycles. The molecule has 0 radical (unpaired) electrons. The Balaban J connectivity index is 2.66. The average Bonchev–Trinajstić information content (AvgIpc) is 2.19. The van der Waals surface area contributed by atoms with E-state index in [1.165, 1.54) is 6.08 Å². The number of hydrogen-bond donors (Lipinski definition) is 1. The first-order valence-corrected chi connectivity index (χ1v) is 4.02. The van der Waals surface area contributed by atoms with Crippen LogP contribution in [0.5, 0.6) is 0 Å². The Labute approximate surface area is 81.0 Å². The molecule has 0 aliphatic carbocycles. The van der Waals surface area contributed by atoms with Crippen molar-refractivity contribution in [3.05, 3.63) is 53.9 Å². The van der Waals surface area contributed by atoms with Gasteiger partial charge < -0.3 is 5.11 Å². The minimum Gasteiger partial charge on any atom is -0.476 e. The predicted octanol–water partition coefficient (Wildman–Crippen LogP) is 2.64. The van der Waals surface area contributed by atoms with Gasteiger partial charge in [-0.1, -0.05) is 42.5 Å². The van der Waals surface area contributed by atoms with Crippen LogP contribution in [0.1, 0.15) is 5.56 Å². The van der Waals surface area contributed by atoms with Crippen LogP contribution in [0, 0.1) is 0 Å². The second-order valence-electron chi connectivity index (χ2n) is 2.59. The SMILES string of the molecule is O=C(O)C(F)=CC=Cc1ccccc1. The van der Waals surface area contributed by atoms with Crippen molar-refractivity contribution in [1.29, 1.82) is 0 Å². The first-order chi connectivity index (χ1) is 6.70. The van der Waals surface area contributed by atoms with Crippen molar-refractivity contribution in [2.24, 2.45) is 0 Å². The lowest BCUT2D eigenvalue weighted by Crippen LogP contribution is -1.93. The van der Waals surface area contributed by atoms with E-state index in [0.29, 0.717) is 0 Å². The fourth-order valence-electron chi connectivity index (χ4n) is 0.879. The summed E-state index contributed by atoms with van der Waals surface area (Å²) in [5.74, 6) is -2.72. The van der Waals surface area contributed by atoms with Crippen LogP contribution in [0.25, 0.3) is 6.08 Å². The van der Waals surface area contributed by atoms with E-state index in [-0.39, 0.29) is 0 Å². The summed E-state index contributed by atoms with van der Waals surface area (Å²) in [4.78, 5) is 10.1. The van der Waals surface area contributed by atoms with Gasteiger partial charge in [-0.3, -0.25) is 0 Å². The number of rotatable bonds is 3. The maximum Gasteiger partial charge on any atom is 0.364 e. The first-order valence-electron chi connectivity index (χ1n) is 4.02. The number of halogens is 1. The van der Waals surface area contributed by atoms with Gasteiger partial charge in [0, 0.05) is 0 Å². The Morgan fingerprint density at radius 3 is 2.50 bits per heavy atom. The van der Waals surface area contributed by atoms with E-state index in [0.717, 1.165) is 11.6 Å². The molecule has 0 saturated heterocycles. The molecule has 0 aliphatic rings. The Morgan fingerprint density at radius 1 is 1.29 bits per heavy atom. The van der Waals surface area contributed by atoms with Gasteiger partial charge in [-0.25, -0.2) is 4.79 Å². The maximum absolute atomic E-state index is 12.4. The molecule has 0 fully saturated rings. The van der Waals surface area contributed by atoms with Crippen LogP contribution in [0.4, 0.5) is 4.39 Å². The maximum atomic E-state index is 12.4. The van der Waals surface area contributed by atoms with Crippen LogP contribution in [0.2, 0.25) is 0 Å². The zero-order chi connectivity index (χ0) is 10.4. The molecular formula is C11H9FO2. The van der Waals surface area contributed by atoms with Crippen LogP contribution in [0.15, 0.2) is 48.3 Å². The quantitative estimate of drug-likeness (QED) is 0.590. The molecule has 1 N–H and O–H groups in total. The zero-order valence-corrected chi connectivity index (χ0v) is 7.35. The molecule has 1 aromatic rings. The zero-order valence-electron chi connectivity index (χ0n) is 7.35. The number of carboxylic acids is 1. The van der Waals surface area contributed by atoms with Crippen molar-refractivity contribution in [2.45, 2.75) is 0 Å². The molecular weight excluding hydrogens is 183 g/mol. The lowest BCUT2D eigenvalue weighted by molar-refractivity contribution is -0.134. The number of aliphatic carboxylic acids is 1. The summed E-state index contributed by atoms with van der Waals surface area (Å²) in [5, 5.41) is 8.20. The monoisotopic (exact) mass is 192 g/mol. The molecule has 0 atom stereocenters. The smallest absolute Gasteiger partial charge is 0.364 e. The number of allylic oxidation sites excluding steroid dienone is 2. The van der Waals surface area contributed by atoms with Gasteiger partial charge in [0.2, 0.25) is 5.83 Å². The summed E-state index contributed by atoms with van der Waals surface area (Å²) in [6.07, 6.45) is 3.90. The Hall–Kier alpha value is -1.90. The second-order valence-corrected chi connectivity index (χ2v) is 2.59. The third kappa shape index (κ3) is 3.23. The largest absolute Gasteiger partial charge is 0.476 e. The van der Waals surface area contributed by atoms with Crippen LogP contribution in [-0.4, -0.2) is 11.1 Å². The molecule has 0 amide bonds. The van der Waals surface area contributed by atoms with Gasteiger partial charge in [-0.05, 0) is 11.6 Å². The van der Waals surface area contributed by atoms with Gasteiger partial charge in [-0.15, -0.1) is 0 Å². The van der Waals surface area contributed by atoms with Crippen molar-refractivity contribution < 1.29 is 14.3 Å². The number of benzene rings is 1. The van der Waals surface area contributed by atoms with Crippen molar-refractivity contribution >= 4 is 12.0 Å². The summed E-state index contributed by atoms with van der Waals surface area (Å²) in [6.45, 7) is 0. The van der Waals surface area contributed by atoms with E-state index in [1.54, 1.807) is 6.08 Å². The van der Waals surface area contributed by atoms with Crippen molar-refractivity contribution in [3.8, 4) is 0 Å². The van der Waals surface area contributed by atoms with E-state index >= 15 is 0 Å². The van der Waals surface area contributed by atoms with Gasteiger partial charge in [0.1, 0.15) is 0 Å². The molecule has 0 unspecified atom stereocenters. The summed E-state index contributed by atoms with van der Waals surface area (Å²) in [5.41, 5.74) is 0.891. The Morgan fingerprint density at radius 2 is 1.93 bits per heavy atom. The van der Waals surface area contributed by atoms with Gasteiger partial charge in [0.05, 0.1) is 0 Å². The molecule has 0 heterocycles. The van der Waals surface area contributed by atoms with E-state index in [9.17, 15) is 9.18 Å². The number of hydrogen-bond acceptors (Lipinski definition) is 1.